The highest BCUT2D eigenvalue weighted by atomic mass is 35.5. The molecular weight excluding hydrogens is 807 g/mol. The third-order valence-corrected chi connectivity index (χ3v) is 13.4. The first-order valence-corrected chi connectivity index (χ1v) is 21.8. The lowest BCUT2D eigenvalue weighted by Crippen LogP contribution is -2.48. The van der Waals surface area contributed by atoms with Crippen LogP contribution in [-0.4, -0.2) is 89.4 Å². The lowest BCUT2D eigenvalue weighted by molar-refractivity contribution is -0.134. The van der Waals surface area contributed by atoms with Crippen molar-refractivity contribution in [3.05, 3.63) is 105 Å². The van der Waals surface area contributed by atoms with E-state index in [2.05, 4.69) is 87.3 Å². The Morgan fingerprint density at radius 1 is 0.885 bits per heavy atom. The Morgan fingerprint density at radius 3 is 2.34 bits per heavy atom. The van der Waals surface area contributed by atoms with E-state index in [4.69, 9.17) is 37.9 Å². The molecule has 12 nitrogen and oxygen atoms in total. The van der Waals surface area contributed by atoms with E-state index in [0.717, 1.165) is 86.9 Å². The van der Waals surface area contributed by atoms with E-state index in [1.165, 1.54) is 27.7 Å². The van der Waals surface area contributed by atoms with Crippen LogP contribution >= 0.6 is 23.2 Å². The van der Waals surface area contributed by atoms with Crippen molar-refractivity contribution >= 4 is 56.6 Å². The van der Waals surface area contributed by atoms with Crippen LogP contribution in [0.2, 0.25) is 10.0 Å². The summed E-state index contributed by atoms with van der Waals surface area (Å²) in [6.07, 6.45) is 5.62. The average Bonchev–Trinajstić information content (AvgIpc) is 3.90. The molecule has 1 amide bonds. The molecule has 1 atom stereocenters. The maximum atomic E-state index is 12.5. The lowest BCUT2D eigenvalue weighted by Gasteiger charge is -2.36. The summed E-state index contributed by atoms with van der Waals surface area (Å²) in [5.74, 6) is 2.37. The standard InChI is InChI=1S/C47H52Cl2N10O2/c1-27-18-33(19-28(2)45(27)49)61-17-9-10-34-35-12-13-37(48)44(43-30(4)51-41(52-31(43)5)24-57-16-15-54(6)42(60)25-57)46(35)59-29(3)21-58(23-40(34)59)39-22-55(7)38-14-11-32(20-36(38)39)47-50-26-56(8)53-47/h11-14,18-20,22,26,29H,9-10,15-17,21,23-25H2,1-8H3/t29-/m1/s1. The maximum Gasteiger partial charge on any atom is 0.236 e. The molecule has 0 N–H and O–H groups in total. The molecule has 7 aromatic rings. The molecular formula is C47H52Cl2N10O2. The molecule has 3 aromatic carbocycles. The molecule has 0 saturated carbocycles. The van der Waals surface area contributed by atoms with Crippen molar-refractivity contribution in [1.29, 1.82) is 0 Å². The van der Waals surface area contributed by atoms with Crippen molar-refractivity contribution in [2.75, 3.05) is 44.7 Å². The molecule has 316 valence electrons. The summed E-state index contributed by atoms with van der Waals surface area (Å²) in [6.45, 7) is 14.9. The molecule has 1 saturated heterocycles. The predicted octanol–water partition coefficient (Wildman–Crippen LogP) is 8.79. The van der Waals surface area contributed by atoms with Crippen LogP contribution in [0.25, 0.3) is 44.3 Å². The number of likely N-dealkylation sites (N-methyl/N-ethyl adjacent to an activating group) is 1. The number of aromatic nitrogens is 7. The Bertz CT molecular complexity index is 2810. The normalized spacial score (nSPS) is 16.0. The summed E-state index contributed by atoms with van der Waals surface area (Å²) in [5, 5.41) is 8.40. The van der Waals surface area contributed by atoms with Gasteiger partial charge in [-0.3, -0.25) is 14.4 Å². The molecule has 14 heteroatoms. The summed E-state index contributed by atoms with van der Waals surface area (Å²) in [5.41, 5.74) is 12.7. The van der Waals surface area contributed by atoms with Crippen molar-refractivity contribution in [3.8, 4) is 28.3 Å². The number of carbonyl (C=O) groups excluding carboxylic acids is 1. The number of fused-ring (bicyclic) bond motifs is 4. The van der Waals surface area contributed by atoms with Gasteiger partial charge in [-0.05, 0) is 101 Å². The summed E-state index contributed by atoms with van der Waals surface area (Å²) in [7, 11) is 5.86. The van der Waals surface area contributed by atoms with Gasteiger partial charge >= 0.3 is 0 Å². The Balaban J connectivity index is 1.12. The summed E-state index contributed by atoms with van der Waals surface area (Å²) < 4.78 is 12.8. The van der Waals surface area contributed by atoms with Gasteiger partial charge in [-0.1, -0.05) is 29.3 Å². The number of benzene rings is 3. The second kappa shape index (κ2) is 16.1. The molecule has 0 aliphatic carbocycles. The van der Waals surface area contributed by atoms with Gasteiger partial charge in [-0.15, -0.1) is 0 Å². The summed E-state index contributed by atoms with van der Waals surface area (Å²) in [6, 6.07) is 14.8. The van der Waals surface area contributed by atoms with E-state index < -0.39 is 0 Å². The van der Waals surface area contributed by atoms with Gasteiger partial charge in [0, 0.05) is 108 Å². The van der Waals surface area contributed by atoms with Crippen LogP contribution in [0.1, 0.15) is 59.0 Å². The van der Waals surface area contributed by atoms with Crippen molar-refractivity contribution in [2.45, 2.75) is 66.6 Å². The highest BCUT2D eigenvalue weighted by Gasteiger charge is 2.33. The van der Waals surface area contributed by atoms with Crippen LogP contribution in [0, 0.1) is 27.7 Å². The monoisotopic (exact) mass is 858 g/mol. The number of rotatable bonds is 10. The third-order valence-electron chi connectivity index (χ3n) is 12.5. The maximum absolute atomic E-state index is 12.5. The highest BCUT2D eigenvalue weighted by Crippen LogP contribution is 2.46. The van der Waals surface area contributed by atoms with Crippen molar-refractivity contribution < 1.29 is 9.53 Å². The molecule has 2 aliphatic heterocycles. The van der Waals surface area contributed by atoms with E-state index in [0.29, 0.717) is 49.5 Å². The average molecular weight is 860 g/mol. The minimum Gasteiger partial charge on any atom is -0.494 e. The number of amides is 1. The number of anilines is 1. The smallest absolute Gasteiger partial charge is 0.236 e. The largest absolute Gasteiger partial charge is 0.494 e. The van der Waals surface area contributed by atoms with E-state index in [1.807, 2.05) is 46.1 Å². The van der Waals surface area contributed by atoms with E-state index in [1.54, 1.807) is 15.9 Å². The molecule has 9 rings (SSSR count). The topological polar surface area (TPSA) is 102 Å². The molecule has 4 aromatic heterocycles. The third kappa shape index (κ3) is 7.52. The molecule has 1 fully saturated rings. The van der Waals surface area contributed by atoms with Gasteiger partial charge in [0.15, 0.2) is 5.82 Å². The first-order chi connectivity index (χ1) is 29.2. The van der Waals surface area contributed by atoms with Crippen LogP contribution in [0.3, 0.4) is 0 Å². The van der Waals surface area contributed by atoms with Gasteiger partial charge in [-0.25, -0.2) is 15.0 Å². The van der Waals surface area contributed by atoms with Gasteiger partial charge < -0.3 is 23.7 Å². The van der Waals surface area contributed by atoms with Crippen molar-refractivity contribution in [2.24, 2.45) is 14.1 Å². The Morgan fingerprint density at radius 2 is 1.64 bits per heavy atom. The highest BCUT2D eigenvalue weighted by molar-refractivity contribution is 6.35. The zero-order valence-electron chi connectivity index (χ0n) is 36.2. The SMILES string of the molecule is Cc1cc(OCCCc2c3n(c4c(-c5c(C)nc(CN6CCN(C)C(=O)C6)nc5C)c(Cl)ccc24)[C@H](C)CN(c2cn(C)c4ccc(-c5ncn(C)n5)cc24)C3)cc(C)c1Cl. The van der Waals surface area contributed by atoms with Gasteiger partial charge in [-0.2, -0.15) is 5.10 Å². The fraction of sp³-hybridized carbons (Fsp3) is 0.383. The van der Waals surface area contributed by atoms with Crippen LogP contribution in [0.5, 0.6) is 5.75 Å². The molecule has 0 bridgehead atoms. The first kappa shape index (κ1) is 40.9. The van der Waals surface area contributed by atoms with Crippen molar-refractivity contribution in [3.63, 3.8) is 0 Å². The van der Waals surface area contributed by atoms with Gasteiger partial charge in [0.25, 0.3) is 0 Å². The fourth-order valence-corrected chi connectivity index (χ4v) is 9.88. The fourth-order valence-electron chi connectivity index (χ4n) is 9.52. The number of carbonyl (C=O) groups is 1. The van der Waals surface area contributed by atoms with Gasteiger partial charge in [0.2, 0.25) is 5.91 Å². The van der Waals surface area contributed by atoms with E-state index >= 15 is 0 Å². The summed E-state index contributed by atoms with van der Waals surface area (Å²) in [4.78, 5) is 33.6. The van der Waals surface area contributed by atoms with Gasteiger partial charge in [0.05, 0.1) is 42.5 Å². The number of aryl methyl sites for hydroxylation is 7. The zero-order valence-corrected chi connectivity index (χ0v) is 37.7. The molecule has 61 heavy (non-hydrogen) atoms. The molecule has 0 radical (unpaired) electrons. The predicted molar refractivity (Wildman–Crippen MR) is 244 cm³/mol. The molecule has 6 heterocycles. The Hall–Kier alpha value is -5.43. The molecule has 0 spiro atoms. The van der Waals surface area contributed by atoms with Crippen LogP contribution < -0.4 is 9.64 Å². The number of piperazine rings is 1. The van der Waals surface area contributed by atoms with Crippen molar-refractivity contribution in [1.82, 2.24) is 43.7 Å². The number of halogens is 2. The first-order valence-electron chi connectivity index (χ1n) is 21.0. The Kier molecular flexibility index (Phi) is 10.8. The minimum absolute atomic E-state index is 0.0972. The number of ether oxygens (including phenoxy) is 1. The van der Waals surface area contributed by atoms with Gasteiger partial charge in [0.1, 0.15) is 17.9 Å². The van der Waals surface area contributed by atoms with Crippen LogP contribution in [0.4, 0.5) is 5.69 Å². The van der Waals surface area contributed by atoms with E-state index in [-0.39, 0.29) is 11.9 Å². The van der Waals surface area contributed by atoms with Crippen LogP contribution in [-0.2, 0) is 38.4 Å². The second-order valence-corrected chi connectivity index (χ2v) is 17.8. The molecule has 0 unspecified atom stereocenters. The number of hydrogen-bond acceptors (Lipinski definition) is 8. The quantitative estimate of drug-likeness (QED) is 0.126. The van der Waals surface area contributed by atoms with Crippen LogP contribution in [0.15, 0.2) is 55.0 Å². The summed E-state index contributed by atoms with van der Waals surface area (Å²) >= 11 is 13.8. The lowest BCUT2D eigenvalue weighted by atomic mass is 9.97. The number of nitrogens with zero attached hydrogens (tertiary/aromatic N) is 10. The second-order valence-electron chi connectivity index (χ2n) is 17.0. The number of hydrogen-bond donors (Lipinski definition) is 0. The molecule has 2 aliphatic rings. The zero-order chi connectivity index (χ0) is 42.9. The van der Waals surface area contributed by atoms with E-state index in [9.17, 15) is 4.79 Å². The Labute approximate surface area is 366 Å². The minimum atomic E-state index is 0.0972.